The number of nitro benzene ring substituents is 1. The predicted molar refractivity (Wildman–Crippen MR) is 70.0 cm³/mol. The Kier molecular flexibility index (Phi) is 3.51. The van der Waals surface area contributed by atoms with Crippen molar-refractivity contribution in [3.63, 3.8) is 0 Å². The summed E-state index contributed by atoms with van der Waals surface area (Å²) >= 11 is 0. The summed E-state index contributed by atoms with van der Waals surface area (Å²) in [4.78, 5) is 26.4. The molecule has 1 heterocycles. The molecule has 0 saturated carbocycles. The Morgan fingerprint density at radius 1 is 1.32 bits per heavy atom. The summed E-state index contributed by atoms with van der Waals surface area (Å²) in [6, 6.07) is 7.96. The van der Waals surface area contributed by atoms with Crippen LogP contribution in [0.15, 0.2) is 42.7 Å². The van der Waals surface area contributed by atoms with Gasteiger partial charge in [0, 0.05) is 11.8 Å². The fraction of sp³-hybridized carbons (Fsp3) is 0.0769. The molecule has 96 valence electrons. The van der Waals surface area contributed by atoms with E-state index < -0.39 is 10.8 Å². The summed E-state index contributed by atoms with van der Waals surface area (Å²) < 4.78 is 0. The molecule has 2 rings (SSSR count). The minimum absolute atomic E-state index is 0.0360. The summed E-state index contributed by atoms with van der Waals surface area (Å²) in [5.74, 6) is -0.525. The van der Waals surface area contributed by atoms with Gasteiger partial charge in [0.2, 0.25) is 0 Å². The van der Waals surface area contributed by atoms with Crippen molar-refractivity contribution in [3.8, 4) is 0 Å². The van der Waals surface area contributed by atoms with Crippen LogP contribution in [-0.4, -0.2) is 15.8 Å². The number of anilines is 1. The average molecular weight is 257 g/mol. The molecule has 0 bridgehead atoms. The van der Waals surface area contributed by atoms with E-state index in [-0.39, 0.29) is 11.3 Å². The van der Waals surface area contributed by atoms with Crippen LogP contribution in [0.1, 0.15) is 15.9 Å². The van der Waals surface area contributed by atoms with Gasteiger partial charge in [0.1, 0.15) is 5.56 Å². The molecule has 1 aromatic heterocycles. The fourth-order valence-electron chi connectivity index (χ4n) is 1.72. The minimum Gasteiger partial charge on any atom is -0.320 e. The van der Waals surface area contributed by atoms with E-state index in [1.54, 1.807) is 37.4 Å². The topological polar surface area (TPSA) is 85.1 Å². The number of nitro groups is 1. The zero-order valence-corrected chi connectivity index (χ0v) is 10.2. The number of nitrogens with one attached hydrogen (secondary N) is 1. The quantitative estimate of drug-likeness (QED) is 0.676. The molecule has 6 nitrogen and oxygen atoms in total. The van der Waals surface area contributed by atoms with E-state index in [2.05, 4.69) is 10.3 Å². The average Bonchev–Trinajstić information content (AvgIpc) is 2.39. The Labute approximate surface area is 109 Å². The largest absolute Gasteiger partial charge is 0.320 e. The molecule has 0 aliphatic carbocycles. The van der Waals surface area contributed by atoms with Gasteiger partial charge in [-0.05, 0) is 25.1 Å². The monoisotopic (exact) mass is 257 g/mol. The molecule has 0 unspecified atom stereocenters. The number of benzene rings is 1. The number of amides is 1. The van der Waals surface area contributed by atoms with E-state index >= 15 is 0 Å². The highest BCUT2D eigenvalue weighted by Crippen LogP contribution is 2.23. The second kappa shape index (κ2) is 5.26. The van der Waals surface area contributed by atoms with Crippen molar-refractivity contribution in [1.29, 1.82) is 0 Å². The maximum Gasteiger partial charge on any atom is 0.285 e. The minimum atomic E-state index is -0.548. The number of para-hydroxylation sites is 1. The smallest absolute Gasteiger partial charge is 0.285 e. The SMILES string of the molecule is Cc1cccc(C(=O)Nc2cccnc2)c1[N+](=O)[O-]. The molecule has 1 amide bonds. The summed E-state index contributed by atoms with van der Waals surface area (Å²) in [5, 5.41) is 13.6. The number of nitrogens with zero attached hydrogens (tertiary/aromatic N) is 2. The van der Waals surface area contributed by atoms with Crippen LogP contribution in [0, 0.1) is 17.0 Å². The lowest BCUT2D eigenvalue weighted by atomic mass is 10.1. The maximum absolute atomic E-state index is 12.0. The van der Waals surface area contributed by atoms with Crippen LogP contribution < -0.4 is 5.32 Å². The first-order chi connectivity index (χ1) is 9.09. The highest BCUT2D eigenvalue weighted by Gasteiger charge is 2.22. The molecular formula is C13H11N3O3. The van der Waals surface area contributed by atoms with E-state index in [0.717, 1.165) is 0 Å². The number of hydrogen-bond acceptors (Lipinski definition) is 4. The number of carbonyl (C=O) groups excluding carboxylic acids is 1. The summed E-state index contributed by atoms with van der Waals surface area (Å²) in [6.07, 6.45) is 3.05. The molecule has 19 heavy (non-hydrogen) atoms. The van der Waals surface area contributed by atoms with Gasteiger partial charge in [-0.3, -0.25) is 19.9 Å². The zero-order valence-electron chi connectivity index (χ0n) is 10.2. The third kappa shape index (κ3) is 2.74. The summed E-state index contributed by atoms with van der Waals surface area (Å²) in [5.41, 5.74) is 0.796. The van der Waals surface area contributed by atoms with Crippen LogP contribution >= 0.6 is 0 Å². The predicted octanol–water partition coefficient (Wildman–Crippen LogP) is 2.55. The summed E-state index contributed by atoms with van der Waals surface area (Å²) in [6.45, 7) is 1.60. The Morgan fingerprint density at radius 2 is 2.11 bits per heavy atom. The van der Waals surface area contributed by atoms with Gasteiger partial charge >= 0.3 is 0 Å². The van der Waals surface area contributed by atoms with Gasteiger partial charge in [0.25, 0.3) is 11.6 Å². The lowest BCUT2D eigenvalue weighted by Gasteiger charge is -2.06. The molecule has 0 fully saturated rings. The normalized spacial score (nSPS) is 9.95. The Balaban J connectivity index is 2.35. The van der Waals surface area contributed by atoms with E-state index in [1.165, 1.54) is 12.3 Å². The number of rotatable bonds is 3. The molecule has 0 spiro atoms. The van der Waals surface area contributed by atoms with Gasteiger partial charge in [-0.25, -0.2) is 0 Å². The van der Waals surface area contributed by atoms with Crippen molar-refractivity contribution in [2.24, 2.45) is 0 Å². The van der Waals surface area contributed by atoms with Gasteiger partial charge in [-0.15, -0.1) is 0 Å². The molecule has 0 aliphatic rings. The number of carbonyl (C=O) groups is 1. The number of aromatic nitrogens is 1. The first-order valence-electron chi connectivity index (χ1n) is 5.55. The van der Waals surface area contributed by atoms with Gasteiger partial charge in [0.05, 0.1) is 16.8 Å². The highest BCUT2D eigenvalue weighted by molar-refractivity contribution is 6.07. The van der Waals surface area contributed by atoms with Crippen LogP contribution in [0.25, 0.3) is 0 Å². The lowest BCUT2D eigenvalue weighted by molar-refractivity contribution is -0.385. The van der Waals surface area contributed by atoms with Crippen molar-refractivity contribution in [2.45, 2.75) is 6.92 Å². The molecule has 1 aromatic carbocycles. The van der Waals surface area contributed by atoms with Crippen molar-refractivity contribution in [3.05, 3.63) is 64.0 Å². The van der Waals surface area contributed by atoms with Crippen molar-refractivity contribution in [2.75, 3.05) is 5.32 Å². The lowest BCUT2D eigenvalue weighted by Crippen LogP contribution is -2.14. The van der Waals surface area contributed by atoms with Crippen molar-refractivity contribution < 1.29 is 9.72 Å². The van der Waals surface area contributed by atoms with Gasteiger partial charge in [-0.2, -0.15) is 0 Å². The van der Waals surface area contributed by atoms with Crippen LogP contribution in [0.3, 0.4) is 0 Å². The van der Waals surface area contributed by atoms with E-state index in [0.29, 0.717) is 11.3 Å². The number of hydrogen-bond donors (Lipinski definition) is 1. The molecule has 6 heteroatoms. The first-order valence-corrected chi connectivity index (χ1v) is 5.55. The zero-order chi connectivity index (χ0) is 13.8. The van der Waals surface area contributed by atoms with Gasteiger partial charge in [0.15, 0.2) is 0 Å². The molecular weight excluding hydrogens is 246 g/mol. The van der Waals surface area contributed by atoms with E-state index in [1.807, 2.05) is 0 Å². The fourth-order valence-corrected chi connectivity index (χ4v) is 1.72. The molecule has 2 aromatic rings. The molecule has 0 atom stereocenters. The van der Waals surface area contributed by atoms with Crippen LogP contribution in [0.2, 0.25) is 0 Å². The summed E-state index contributed by atoms with van der Waals surface area (Å²) in [7, 11) is 0. The van der Waals surface area contributed by atoms with Crippen LogP contribution in [0.5, 0.6) is 0 Å². The third-order valence-electron chi connectivity index (χ3n) is 2.58. The van der Waals surface area contributed by atoms with Crippen LogP contribution in [0.4, 0.5) is 11.4 Å². The Bertz CT molecular complexity index is 626. The molecule has 0 saturated heterocycles. The van der Waals surface area contributed by atoms with Crippen molar-refractivity contribution >= 4 is 17.3 Å². The van der Waals surface area contributed by atoms with Gasteiger partial charge < -0.3 is 5.32 Å². The van der Waals surface area contributed by atoms with E-state index in [9.17, 15) is 14.9 Å². The van der Waals surface area contributed by atoms with Crippen molar-refractivity contribution in [1.82, 2.24) is 4.98 Å². The molecule has 0 radical (unpaired) electrons. The standard InChI is InChI=1S/C13H11N3O3/c1-9-4-2-6-11(12(9)16(18)19)13(17)15-10-5-3-7-14-8-10/h2-8H,1H3,(H,15,17). The number of pyridine rings is 1. The number of aryl methyl sites for hydroxylation is 1. The molecule has 1 N–H and O–H groups in total. The van der Waals surface area contributed by atoms with E-state index in [4.69, 9.17) is 0 Å². The second-order valence-electron chi connectivity index (χ2n) is 3.92. The maximum atomic E-state index is 12.0. The van der Waals surface area contributed by atoms with Crippen LogP contribution in [-0.2, 0) is 0 Å². The Hall–Kier alpha value is -2.76. The Morgan fingerprint density at radius 3 is 2.74 bits per heavy atom. The van der Waals surface area contributed by atoms with Gasteiger partial charge in [-0.1, -0.05) is 12.1 Å². The highest BCUT2D eigenvalue weighted by atomic mass is 16.6. The third-order valence-corrected chi connectivity index (χ3v) is 2.58. The molecule has 0 aliphatic heterocycles. The first kappa shape index (κ1) is 12.7. The second-order valence-corrected chi connectivity index (χ2v) is 3.92.